The Morgan fingerprint density at radius 3 is 1.18 bits per heavy atom. The van der Waals surface area contributed by atoms with E-state index in [4.69, 9.17) is 0 Å². The first-order valence-electron chi connectivity index (χ1n) is 3.80. The Kier molecular flexibility index (Phi) is 4.22. The lowest BCUT2D eigenvalue weighted by Crippen LogP contribution is -2.44. The van der Waals surface area contributed by atoms with Gasteiger partial charge in [0.15, 0.2) is 4.58 Å². The predicted octanol–water partition coefficient (Wildman–Crippen LogP) is 0.233. The lowest BCUT2D eigenvalue weighted by Gasteiger charge is -2.19. The first-order valence-corrected chi connectivity index (χ1v) is 6.89. The van der Waals surface area contributed by atoms with Crippen molar-refractivity contribution < 1.29 is 43.2 Å². The van der Waals surface area contributed by atoms with Gasteiger partial charge in [-0.05, 0) is 6.32 Å². The summed E-state index contributed by atoms with van der Waals surface area (Å²) in [6.45, 7) is 0. The zero-order valence-corrected chi connectivity index (χ0v) is 9.63. The number of hydrogen-bond donors (Lipinski definition) is 0. The highest BCUT2D eigenvalue weighted by Gasteiger charge is 2.61. The molecule has 0 aliphatic heterocycles. The second-order valence-electron chi connectivity index (χ2n) is 2.82. The molecule has 0 heterocycles. The van der Waals surface area contributed by atoms with E-state index in [-0.39, 0.29) is 0 Å². The van der Waals surface area contributed by atoms with Crippen LogP contribution in [0.25, 0.3) is 0 Å². The molecule has 0 spiro atoms. The third kappa shape index (κ3) is 2.87. The van der Waals surface area contributed by atoms with E-state index in [1.807, 2.05) is 0 Å². The third-order valence-electron chi connectivity index (χ3n) is 1.67. The molecule has 0 unspecified atom stereocenters. The van der Waals surface area contributed by atoms with E-state index in [1.54, 1.807) is 0 Å². The van der Waals surface area contributed by atoms with Gasteiger partial charge in [-0.3, -0.25) is 0 Å². The standard InChI is InChI=1S/C4H5BF6O4S2/c5-1-2(16(12,13)3(6,7)8)17(14,15)4(9,10)11/h2H,1,5H2. The normalized spacial score (nSPS) is 15.2. The smallest absolute Gasteiger partial charge is 0.218 e. The fourth-order valence-corrected chi connectivity index (χ4v) is 4.37. The van der Waals surface area contributed by atoms with Crippen LogP contribution in [0.1, 0.15) is 0 Å². The quantitative estimate of drug-likeness (QED) is 0.553. The van der Waals surface area contributed by atoms with Crippen LogP contribution in [-0.2, 0) is 19.7 Å². The van der Waals surface area contributed by atoms with Crippen LogP contribution in [0.2, 0.25) is 6.32 Å². The summed E-state index contributed by atoms with van der Waals surface area (Å²) in [5.74, 6) is 0. The highest BCUT2D eigenvalue weighted by molar-refractivity contribution is 8.09. The van der Waals surface area contributed by atoms with Gasteiger partial charge in [0.05, 0.1) is 0 Å². The molecule has 0 fully saturated rings. The van der Waals surface area contributed by atoms with Gasteiger partial charge in [0.25, 0.3) is 19.7 Å². The van der Waals surface area contributed by atoms with Crippen LogP contribution in [0.5, 0.6) is 0 Å². The fraction of sp³-hybridized carbons (Fsp3) is 1.00. The van der Waals surface area contributed by atoms with E-state index in [0.717, 1.165) is 0 Å². The van der Waals surface area contributed by atoms with Crippen LogP contribution < -0.4 is 0 Å². The van der Waals surface area contributed by atoms with Gasteiger partial charge in [-0.2, -0.15) is 26.3 Å². The molecule has 4 nitrogen and oxygen atoms in total. The van der Waals surface area contributed by atoms with Crippen molar-refractivity contribution in [2.45, 2.75) is 21.9 Å². The molecule has 0 aromatic heterocycles. The third-order valence-corrected chi connectivity index (χ3v) is 6.53. The van der Waals surface area contributed by atoms with Gasteiger partial charge in [-0.1, -0.05) is 0 Å². The summed E-state index contributed by atoms with van der Waals surface area (Å²) in [5, 5.41) is 0. The number of hydrogen-bond acceptors (Lipinski definition) is 4. The van der Waals surface area contributed by atoms with Gasteiger partial charge in [0.1, 0.15) is 7.85 Å². The second-order valence-corrected chi connectivity index (χ2v) is 7.36. The molecular formula is C4H5BF6O4S2. The van der Waals surface area contributed by atoms with Crippen LogP contribution in [0.15, 0.2) is 0 Å². The number of halogens is 6. The summed E-state index contributed by atoms with van der Waals surface area (Å²) in [7, 11) is -12.3. The SMILES string of the molecule is BCC(S(=O)(=O)C(F)(F)F)S(=O)(=O)C(F)(F)F. The van der Waals surface area contributed by atoms with Crippen molar-refractivity contribution >= 4 is 27.5 Å². The highest BCUT2D eigenvalue weighted by atomic mass is 32.3. The molecule has 0 saturated carbocycles. The first kappa shape index (κ1) is 16.5. The Morgan fingerprint density at radius 1 is 0.824 bits per heavy atom. The highest BCUT2D eigenvalue weighted by Crippen LogP contribution is 2.37. The van der Waals surface area contributed by atoms with E-state index in [0.29, 0.717) is 7.85 Å². The molecule has 0 atom stereocenters. The molecule has 0 saturated heterocycles. The van der Waals surface area contributed by atoms with Crippen LogP contribution in [0.3, 0.4) is 0 Å². The van der Waals surface area contributed by atoms with Gasteiger partial charge >= 0.3 is 11.0 Å². The van der Waals surface area contributed by atoms with Gasteiger partial charge in [-0.25, -0.2) is 16.8 Å². The van der Waals surface area contributed by atoms with Crippen LogP contribution in [0, 0.1) is 0 Å². The summed E-state index contributed by atoms with van der Waals surface area (Å²) < 4.78 is 111. The summed E-state index contributed by atoms with van der Waals surface area (Å²) in [4.78, 5) is 0. The second kappa shape index (κ2) is 4.33. The van der Waals surface area contributed by atoms with Crippen LogP contribution in [0.4, 0.5) is 26.3 Å². The van der Waals surface area contributed by atoms with Crippen LogP contribution in [-0.4, -0.2) is 40.3 Å². The summed E-state index contributed by atoms with van der Waals surface area (Å²) >= 11 is 0. The molecular weight excluding hydrogens is 301 g/mol. The number of sulfone groups is 2. The van der Waals surface area contributed by atoms with Crippen molar-refractivity contribution in [2.24, 2.45) is 0 Å². The number of alkyl halides is 6. The molecule has 0 bridgehead atoms. The summed E-state index contributed by atoms with van der Waals surface area (Å²) in [6, 6.07) is 0. The molecule has 0 rings (SSSR count). The molecule has 0 amide bonds. The van der Waals surface area contributed by atoms with Gasteiger partial charge in [0.2, 0.25) is 0 Å². The van der Waals surface area contributed by atoms with Crippen molar-refractivity contribution in [3.63, 3.8) is 0 Å². The van der Waals surface area contributed by atoms with E-state index in [2.05, 4.69) is 0 Å². The molecule has 0 aliphatic carbocycles. The zero-order valence-electron chi connectivity index (χ0n) is 8.00. The summed E-state index contributed by atoms with van der Waals surface area (Å²) in [6.07, 6.45) is -1.36. The Hall–Kier alpha value is -0.455. The van der Waals surface area contributed by atoms with Crippen molar-refractivity contribution in [1.82, 2.24) is 0 Å². The fourth-order valence-electron chi connectivity index (χ4n) is 0.904. The topological polar surface area (TPSA) is 68.3 Å². The molecule has 0 N–H and O–H groups in total. The van der Waals surface area contributed by atoms with Crippen molar-refractivity contribution in [3.8, 4) is 0 Å². The zero-order chi connectivity index (χ0) is 14.3. The lowest BCUT2D eigenvalue weighted by atomic mass is 10.1. The van der Waals surface area contributed by atoms with E-state index >= 15 is 0 Å². The molecule has 0 aromatic carbocycles. The Labute approximate surface area is 93.2 Å². The minimum absolute atomic E-state index is 0.594. The molecule has 17 heavy (non-hydrogen) atoms. The molecule has 102 valence electrons. The predicted molar refractivity (Wildman–Crippen MR) is 47.1 cm³/mol. The minimum Gasteiger partial charge on any atom is -0.218 e. The van der Waals surface area contributed by atoms with Crippen molar-refractivity contribution in [1.29, 1.82) is 0 Å². The van der Waals surface area contributed by atoms with E-state index in [1.165, 1.54) is 0 Å². The van der Waals surface area contributed by atoms with E-state index < -0.39 is 41.6 Å². The maximum Gasteiger partial charge on any atom is 0.498 e. The lowest BCUT2D eigenvalue weighted by molar-refractivity contribution is -0.0469. The maximum atomic E-state index is 12.0. The molecule has 0 aromatic rings. The van der Waals surface area contributed by atoms with Crippen molar-refractivity contribution in [2.75, 3.05) is 0 Å². The number of rotatable bonds is 3. The average molecular weight is 306 g/mol. The minimum atomic E-state index is -6.44. The van der Waals surface area contributed by atoms with Gasteiger partial charge in [-0.15, -0.1) is 0 Å². The van der Waals surface area contributed by atoms with E-state index in [9.17, 15) is 43.2 Å². The van der Waals surface area contributed by atoms with Gasteiger partial charge < -0.3 is 0 Å². The maximum absolute atomic E-state index is 12.0. The molecule has 0 aliphatic rings. The monoisotopic (exact) mass is 306 g/mol. The molecule has 13 heteroatoms. The van der Waals surface area contributed by atoms with Gasteiger partial charge in [0, 0.05) is 0 Å². The Bertz CT molecular complexity index is 429. The molecule has 0 radical (unpaired) electrons. The largest absolute Gasteiger partial charge is 0.498 e. The summed E-state index contributed by atoms with van der Waals surface area (Å²) in [5.41, 5.74) is -12.1. The average Bonchev–Trinajstić information content (AvgIpc) is 1.99. The first-order chi connectivity index (χ1) is 7.19. The Morgan fingerprint density at radius 2 is 1.06 bits per heavy atom. The van der Waals surface area contributed by atoms with Crippen molar-refractivity contribution in [3.05, 3.63) is 0 Å². The van der Waals surface area contributed by atoms with Crippen LogP contribution >= 0.6 is 0 Å². The Balaban J connectivity index is 5.90.